The minimum atomic E-state index is -0.610. The molecule has 0 unspecified atom stereocenters. The standard InChI is InChI=1S/C16H11ClFN3O3S/c17-12-6-9(3-4-13(12)18)21-15(23)11(14(22)20-16(21)25)8-19-7-10-2-1-5-24-10/h1-6,8,23H,7H2,(H,20,22,25). The third-order valence-corrected chi connectivity index (χ3v) is 3.90. The molecule has 0 fully saturated rings. The number of H-pyrrole nitrogens is 1. The average Bonchev–Trinajstić information content (AvgIpc) is 3.07. The molecule has 0 bridgehead atoms. The molecule has 2 aromatic heterocycles. The van der Waals surface area contributed by atoms with Crippen LogP contribution in [0.25, 0.3) is 5.69 Å². The van der Waals surface area contributed by atoms with E-state index in [1.807, 2.05) is 0 Å². The van der Waals surface area contributed by atoms with Crippen molar-refractivity contribution < 1.29 is 13.9 Å². The van der Waals surface area contributed by atoms with Gasteiger partial charge in [-0.25, -0.2) is 4.39 Å². The molecule has 3 aromatic rings. The maximum absolute atomic E-state index is 13.3. The lowest BCUT2D eigenvalue weighted by Gasteiger charge is -2.11. The predicted molar refractivity (Wildman–Crippen MR) is 93.9 cm³/mol. The van der Waals surface area contributed by atoms with Crippen LogP contribution in [0.2, 0.25) is 5.02 Å². The highest BCUT2D eigenvalue weighted by Crippen LogP contribution is 2.23. The molecule has 3 rings (SSSR count). The van der Waals surface area contributed by atoms with Gasteiger partial charge in [-0.05, 0) is 42.5 Å². The van der Waals surface area contributed by atoms with E-state index in [-0.39, 0.29) is 21.9 Å². The Morgan fingerprint density at radius 1 is 1.44 bits per heavy atom. The number of aliphatic imine (C=N–C) groups is 1. The minimum Gasteiger partial charge on any atom is -0.494 e. The fourth-order valence-electron chi connectivity index (χ4n) is 2.15. The molecule has 0 radical (unpaired) electrons. The second-order valence-corrected chi connectivity index (χ2v) is 5.77. The van der Waals surface area contributed by atoms with Crippen LogP contribution < -0.4 is 5.56 Å². The Labute approximate surface area is 150 Å². The molecule has 0 aliphatic carbocycles. The summed E-state index contributed by atoms with van der Waals surface area (Å²) in [5, 5.41) is 10.3. The van der Waals surface area contributed by atoms with Crippen LogP contribution in [0.5, 0.6) is 5.88 Å². The molecule has 6 nitrogen and oxygen atoms in total. The fraction of sp³-hybridized carbons (Fsp3) is 0.0625. The Morgan fingerprint density at radius 2 is 2.24 bits per heavy atom. The largest absolute Gasteiger partial charge is 0.494 e. The van der Waals surface area contributed by atoms with Crippen molar-refractivity contribution in [1.82, 2.24) is 9.55 Å². The van der Waals surface area contributed by atoms with Gasteiger partial charge in [0, 0.05) is 6.21 Å². The summed E-state index contributed by atoms with van der Waals surface area (Å²) in [6.45, 7) is 0.198. The number of halogens is 2. The highest BCUT2D eigenvalue weighted by molar-refractivity contribution is 7.71. The van der Waals surface area contributed by atoms with E-state index in [1.54, 1.807) is 12.1 Å². The molecular formula is C16H11ClFN3O3S. The van der Waals surface area contributed by atoms with Crippen LogP contribution in [0.4, 0.5) is 4.39 Å². The summed E-state index contributed by atoms with van der Waals surface area (Å²) in [4.78, 5) is 18.6. The van der Waals surface area contributed by atoms with Gasteiger partial charge in [0.1, 0.15) is 17.1 Å². The van der Waals surface area contributed by atoms with Gasteiger partial charge in [-0.15, -0.1) is 0 Å². The monoisotopic (exact) mass is 379 g/mol. The van der Waals surface area contributed by atoms with Gasteiger partial charge in [0.25, 0.3) is 5.56 Å². The third kappa shape index (κ3) is 3.54. The van der Waals surface area contributed by atoms with E-state index >= 15 is 0 Å². The van der Waals surface area contributed by atoms with Crippen molar-refractivity contribution in [2.75, 3.05) is 0 Å². The van der Waals surface area contributed by atoms with Crippen LogP contribution in [0.15, 0.2) is 50.8 Å². The number of benzene rings is 1. The van der Waals surface area contributed by atoms with Gasteiger partial charge in [-0.1, -0.05) is 11.6 Å². The summed E-state index contributed by atoms with van der Waals surface area (Å²) in [5.41, 5.74) is -0.401. The highest BCUT2D eigenvalue weighted by Gasteiger charge is 2.13. The summed E-state index contributed by atoms with van der Waals surface area (Å²) in [6.07, 6.45) is 2.72. The van der Waals surface area contributed by atoms with Gasteiger partial charge in [-0.2, -0.15) is 0 Å². The second kappa shape index (κ2) is 7.04. The van der Waals surface area contributed by atoms with Crippen LogP contribution in [0.3, 0.4) is 0 Å². The lowest BCUT2D eigenvalue weighted by Crippen LogP contribution is -2.18. The van der Waals surface area contributed by atoms with Crippen LogP contribution in [0.1, 0.15) is 11.3 Å². The maximum atomic E-state index is 13.3. The van der Waals surface area contributed by atoms with Crippen molar-refractivity contribution in [3.63, 3.8) is 0 Å². The molecule has 2 heterocycles. The first-order chi connectivity index (χ1) is 12.0. The van der Waals surface area contributed by atoms with Crippen LogP contribution in [-0.2, 0) is 6.54 Å². The summed E-state index contributed by atoms with van der Waals surface area (Å²) >= 11 is 10.8. The van der Waals surface area contributed by atoms with Gasteiger partial charge in [0.2, 0.25) is 5.88 Å². The summed E-state index contributed by atoms with van der Waals surface area (Å²) in [6, 6.07) is 7.24. The van der Waals surface area contributed by atoms with Gasteiger partial charge >= 0.3 is 0 Å². The molecule has 0 aliphatic rings. The molecule has 0 spiro atoms. The molecule has 0 saturated heterocycles. The van der Waals surface area contributed by atoms with Crippen LogP contribution in [-0.4, -0.2) is 20.9 Å². The van der Waals surface area contributed by atoms with E-state index in [4.69, 9.17) is 28.2 Å². The molecule has 0 amide bonds. The van der Waals surface area contributed by atoms with Crippen molar-refractivity contribution >= 4 is 30.0 Å². The molecule has 128 valence electrons. The third-order valence-electron chi connectivity index (χ3n) is 3.33. The number of hydrogen-bond acceptors (Lipinski definition) is 5. The van der Waals surface area contributed by atoms with Gasteiger partial charge in [-0.3, -0.25) is 19.3 Å². The van der Waals surface area contributed by atoms with E-state index < -0.39 is 17.3 Å². The van der Waals surface area contributed by atoms with Crippen molar-refractivity contribution in [2.45, 2.75) is 6.54 Å². The summed E-state index contributed by atoms with van der Waals surface area (Å²) < 4.78 is 19.6. The quantitative estimate of drug-likeness (QED) is 0.536. The predicted octanol–water partition coefficient (Wildman–Crippen LogP) is 3.61. The SMILES string of the molecule is O=c1[nH]c(=S)n(-c2ccc(F)c(Cl)c2)c(O)c1C=NCc1ccco1. The van der Waals surface area contributed by atoms with Gasteiger partial charge in [0.15, 0.2) is 4.77 Å². The molecular weight excluding hydrogens is 369 g/mol. The normalized spacial score (nSPS) is 11.3. The number of aromatic hydroxyl groups is 1. The number of furan rings is 1. The van der Waals surface area contributed by atoms with Crippen molar-refractivity contribution in [3.05, 3.63) is 73.9 Å². The first-order valence-electron chi connectivity index (χ1n) is 7.03. The molecule has 0 aliphatic heterocycles. The Hall–Kier alpha value is -2.71. The van der Waals surface area contributed by atoms with E-state index in [9.17, 15) is 14.3 Å². The van der Waals surface area contributed by atoms with Crippen molar-refractivity contribution in [1.29, 1.82) is 0 Å². The number of rotatable bonds is 4. The topological polar surface area (TPSA) is 83.5 Å². The Bertz CT molecular complexity index is 1060. The molecule has 0 saturated carbocycles. The van der Waals surface area contributed by atoms with Crippen molar-refractivity contribution in [2.24, 2.45) is 4.99 Å². The van der Waals surface area contributed by atoms with Crippen LogP contribution >= 0.6 is 23.8 Å². The molecule has 25 heavy (non-hydrogen) atoms. The Kier molecular flexibility index (Phi) is 4.82. The van der Waals surface area contributed by atoms with E-state index in [0.717, 1.165) is 10.6 Å². The van der Waals surface area contributed by atoms with Gasteiger partial charge in [0.05, 0.1) is 23.5 Å². The summed E-state index contributed by atoms with van der Waals surface area (Å²) in [5.74, 6) is -0.439. The van der Waals surface area contributed by atoms with E-state index in [2.05, 4.69) is 9.98 Å². The highest BCUT2D eigenvalue weighted by atomic mass is 35.5. The molecule has 0 atom stereocenters. The van der Waals surface area contributed by atoms with E-state index in [0.29, 0.717) is 11.4 Å². The zero-order valence-corrected chi connectivity index (χ0v) is 14.1. The first kappa shape index (κ1) is 17.1. The van der Waals surface area contributed by atoms with Gasteiger partial charge < -0.3 is 9.52 Å². The smallest absolute Gasteiger partial charge is 0.264 e. The number of aromatic nitrogens is 2. The maximum Gasteiger partial charge on any atom is 0.264 e. The molecule has 2 N–H and O–H groups in total. The molecule has 1 aromatic carbocycles. The zero-order chi connectivity index (χ0) is 18.0. The summed E-state index contributed by atoms with van der Waals surface area (Å²) in [7, 11) is 0. The fourth-order valence-corrected chi connectivity index (χ4v) is 2.61. The number of hydrogen-bond donors (Lipinski definition) is 2. The second-order valence-electron chi connectivity index (χ2n) is 4.98. The number of nitrogens with one attached hydrogen (secondary N) is 1. The minimum absolute atomic E-state index is 0.0617. The average molecular weight is 380 g/mol. The lowest BCUT2D eigenvalue weighted by atomic mass is 10.2. The Balaban J connectivity index is 2.05. The van der Waals surface area contributed by atoms with Crippen LogP contribution in [0, 0.1) is 10.6 Å². The molecule has 9 heteroatoms. The van der Waals surface area contributed by atoms with E-state index in [1.165, 1.54) is 24.6 Å². The van der Waals surface area contributed by atoms with Crippen molar-refractivity contribution in [3.8, 4) is 11.6 Å². The lowest BCUT2D eigenvalue weighted by molar-refractivity contribution is 0.432. The Morgan fingerprint density at radius 3 is 2.92 bits per heavy atom. The number of nitrogens with zero attached hydrogens (tertiary/aromatic N) is 2. The zero-order valence-electron chi connectivity index (χ0n) is 12.6. The first-order valence-corrected chi connectivity index (χ1v) is 7.82. The number of aromatic amines is 1.